The number of fused-ring (bicyclic) bond motifs is 2. The van der Waals surface area contributed by atoms with Crippen molar-refractivity contribution in [3.63, 3.8) is 0 Å². The highest BCUT2D eigenvalue weighted by atomic mass is 16.5. The minimum atomic E-state index is -0.371. The van der Waals surface area contributed by atoms with Crippen molar-refractivity contribution in [1.29, 1.82) is 0 Å². The highest BCUT2D eigenvalue weighted by Gasteiger charge is 2.36. The third-order valence-electron chi connectivity index (χ3n) is 7.36. The Morgan fingerprint density at radius 3 is 2.00 bits per heavy atom. The second-order valence-corrected chi connectivity index (χ2v) is 9.62. The number of ether oxygens (including phenoxy) is 2. The first-order valence-electron chi connectivity index (χ1n) is 13.1. The lowest BCUT2D eigenvalue weighted by Crippen LogP contribution is -2.50. The monoisotopic (exact) mass is 519 g/mol. The Bertz CT molecular complexity index is 1460. The second-order valence-electron chi connectivity index (χ2n) is 9.62. The van der Waals surface area contributed by atoms with E-state index < -0.39 is 0 Å². The highest BCUT2D eigenvalue weighted by Crippen LogP contribution is 2.44. The Balaban J connectivity index is 1.11. The summed E-state index contributed by atoms with van der Waals surface area (Å²) in [5, 5.41) is 2.94. The molecule has 0 spiro atoms. The SMILES string of the molecule is COc1ccccc1C(=O)Nc1ccc(N2CCN(C(=O)C3c4ccccc4Oc4ccccc43)CC2)cc1. The average Bonchev–Trinajstić information content (AvgIpc) is 3.00. The van der Waals surface area contributed by atoms with E-state index in [4.69, 9.17) is 9.47 Å². The molecule has 6 rings (SSSR count). The maximum absolute atomic E-state index is 13.8. The van der Waals surface area contributed by atoms with Gasteiger partial charge in [-0.1, -0.05) is 48.5 Å². The molecule has 4 aromatic rings. The number of piperazine rings is 1. The lowest BCUT2D eigenvalue weighted by atomic mass is 9.86. The van der Waals surface area contributed by atoms with Crippen LogP contribution in [0.3, 0.4) is 0 Å². The van der Waals surface area contributed by atoms with Crippen LogP contribution in [0.15, 0.2) is 97.1 Å². The Morgan fingerprint density at radius 1 is 0.769 bits per heavy atom. The molecule has 1 N–H and O–H groups in total. The summed E-state index contributed by atoms with van der Waals surface area (Å²) in [6.07, 6.45) is 0. The van der Waals surface area contributed by atoms with Crippen LogP contribution in [0.2, 0.25) is 0 Å². The summed E-state index contributed by atoms with van der Waals surface area (Å²) in [6, 6.07) is 30.5. The van der Waals surface area contributed by atoms with Gasteiger partial charge in [-0.2, -0.15) is 0 Å². The van der Waals surface area contributed by atoms with Gasteiger partial charge in [0.15, 0.2) is 0 Å². The van der Waals surface area contributed by atoms with E-state index in [1.54, 1.807) is 19.2 Å². The number of rotatable bonds is 5. The number of hydrogen-bond donors (Lipinski definition) is 1. The molecule has 1 fully saturated rings. The molecule has 2 heterocycles. The van der Waals surface area contributed by atoms with Crippen molar-refractivity contribution in [2.45, 2.75) is 5.92 Å². The maximum Gasteiger partial charge on any atom is 0.259 e. The lowest BCUT2D eigenvalue weighted by Gasteiger charge is -2.38. The van der Waals surface area contributed by atoms with Gasteiger partial charge in [0, 0.05) is 48.7 Å². The normalized spacial score (nSPS) is 14.6. The topological polar surface area (TPSA) is 71.1 Å². The van der Waals surface area contributed by atoms with Crippen molar-refractivity contribution in [3.8, 4) is 17.2 Å². The van der Waals surface area contributed by atoms with E-state index in [1.807, 2.05) is 89.8 Å². The largest absolute Gasteiger partial charge is 0.496 e. The zero-order valence-electron chi connectivity index (χ0n) is 21.7. The molecule has 4 aromatic carbocycles. The summed E-state index contributed by atoms with van der Waals surface area (Å²) in [5.74, 6) is 1.53. The molecule has 1 saturated heterocycles. The first-order chi connectivity index (χ1) is 19.1. The molecule has 0 aromatic heterocycles. The number of methoxy groups -OCH3 is 1. The molecule has 2 amide bonds. The van der Waals surface area contributed by atoms with Gasteiger partial charge >= 0.3 is 0 Å². The molecule has 7 heteroatoms. The fourth-order valence-corrected chi connectivity index (χ4v) is 5.33. The van der Waals surface area contributed by atoms with Crippen LogP contribution >= 0.6 is 0 Å². The van der Waals surface area contributed by atoms with Crippen LogP contribution < -0.4 is 19.7 Å². The summed E-state index contributed by atoms with van der Waals surface area (Å²) in [7, 11) is 1.55. The summed E-state index contributed by atoms with van der Waals surface area (Å²) < 4.78 is 11.4. The first-order valence-corrected chi connectivity index (χ1v) is 13.1. The predicted octanol–water partition coefficient (Wildman–Crippen LogP) is 5.53. The Kier molecular flexibility index (Phi) is 6.63. The smallest absolute Gasteiger partial charge is 0.259 e. The van der Waals surface area contributed by atoms with Crippen molar-refractivity contribution in [3.05, 3.63) is 114 Å². The fraction of sp³-hybridized carbons (Fsp3) is 0.188. The number of carbonyl (C=O) groups excluding carboxylic acids is 2. The van der Waals surface area contributed by atoms with E-state index in [-0.39, 0.29) is 17.7 Å². The fourth-order valence-electron chi connectivity index (χ4n) is 5.33. The van der Waals surface area contributed by atoms with Gasteiger partial charge in [-0.3, -0.25) is 9.59 Å². The number of nitrogens with zero attached hydrogens (tertiary/aromatic N) is 2. The molecule has 0 bridgehead atoms. The number of hydrogen-bond acceptors (Lipinski definition) is 5. The molecule has 0 atom stereocenters. The van der Waals surface area contributed by atoms with Gasteiger partial charge in [0.25, 0.3) is 5.91 Å². The molecule has 0 aliphatic carbocycles. The molecule has 0 unspecified atom stereocenters. The molecule has 2 aliphatic heterocycles. The molecule has 2 aliphatic rings. The van der Waals surface area contributed by atoms with Crippen LogP contribution in [0.1, 0.15) is 27.4 Å². The van der Waals surface area contributed by atoms with E-state index in [9.17, 15) is 9.59 Å². The molecular weight excluding hydrogens is 490 g/mol. The highest BCUT2D eigenvalue weighted by molar-refractivity contribution is 6.06. The maximum atomic E-state index is 13.8. The molecular formula is C32H29N3O4. The van der Waals surface area contributed by atoms with E-state index >= 15 is 0 Å². The van der Waals surface area contributed by atoms with Crippen LogP contribution in [-0.4, -0.2) is 50.0 Å². The average molecular weight is 520 g/mol. The van der Waals surface area contributed by atoms with Gasteiger partial charge in [0.05, 0.1) is 18.6 Å². The van der Waals surface area contributed by atoms with Crippen molar-refractivity contribution < 1.29 is 19.1 Å². The second kappa shape index (κ2) is 10.5. The Hall–Kier alpha value is -4.78. The first kappa shape index (κ1) is 24.6. The van der Waals surface area contributed by atoms with Gasteiger partial charge in [0.1, 0.15) is 17.2 Å². The third-order valence-corrected chi connectivity index (χ3v) is 7.36. The molecule has 0 radical (unpaired) electrons. The predicted molar refractivity (Wildman–Crippen MR) is 151 cm³/mol. The van der Waals surface area contributed by atoms with Gasteiger partial charge in [-0.15, -0.1) is 0 Å². The zero-order chi connectivity index (χ0) is 26.8. The molecule has 0 saturated carbocycles. The van der Waals surface area contributed by atoms with Crippen LogP contribution in [-0.2, 0) is 4.79 Å². The van der Waals surface area contributed by atoms with Gasteiger partial charge in [-0.05, 0) is 48.5 Å². The quantitative estimate of drug-likeness (QED) is 0.375. The lowest BCUT2D eigenvalue weighted by molar-refractivity contribution is -0.132. The summed E-state index contributed by atoms with van der Waals surface area (Å²) in [4.78, 5) is 30.8. The molecule has 39 heavy (non-hydrogen) atoms. The third kappa shape index (κ3) is 4.79. The van der Waals surface area contributed by atoms with Crippen molar-refractivity contribution in [2.75, 3.05) is 43.5 Å². The van der Waals surface area contributed by atoms with Crippen LogP contribution in [0.4, 0.5) is 11.4 Å². The van der Waals surface area contributed by atoms with Crippen LogP contribution in [0.25, 0.3) is 0 Å². The standard InChI is InChI=1S/C32H29N3O4/c1-38-27-11-5-4-10-26(27)31(36)33-22-14-16-23(17-15-22)34-18-20-35(21-19-34)32(37)30-24-8-2-6-12-28(24)39-29-13-7-3-9-25(29)30/h2-17,30H,18-21H2,1H3,(H,33,36). The number of anilines is 2. The Labute approximate surface area is 227 Å². The molecule has 196 valence electrons. The number of benzene rings is 4. The van der Waals surface area contributed by atoms with E-state index in [2.05, 4.69) is 10.2 Å². The van der Waals surface area contributed by atoms with Crippen molar-refractivity contribution in [2.24, 2.45) is 0 Å². The number of carbonyl (C=O) groups is 2. The van der Waals surface area contributed by atoms with Crippen LogP contribution in [0, 0.1) is 0 Å². The Morgan fingerprint density at radius 2 is 1.36 bits per heavy atom. The van der Waals surface area contributed by atoms with Crippen molar-refractivity contribution >= 4 is 23.2 Å². The van der Waals surface area contributed by atoms with Crippen LogP contribution in [0.5, 0.6) is 17.2 Å². The number of para-hydroxylation sites is 3. The zero-order valence-corrected chi connectivity index (χ0v) is 21.7. The summed E-state index contributed by atoms with van der Waals surface area (Å²) in [5.41, 5.74) is 4.07. The van der Waals surface area contributed by atoms with Gasteiger partial charge < -0.3 is 24.6 Å². The van der Waals surface area contributed by atoms with E-state index in [0.29, 0.717) is 30.1 Å². The summed E-state index contributed by atoms with van der Waals surface area (Å²) >= 11 is 0. The number of amides is 2. The van der Waals surface area contributed by atoms with Crippen molar-refractivity contribution in [1.82, 2.24) is 4.90 Å². The van der Waals surface area contributed by atoms with E-state index in [0.717, 1.165) is 41.4 Å². The number of nitrogens with one attached hydrogen (secondary N) is 1. The molecule has 7 nitrogen and oxygen atoms in total. The summed E-state index contributed by atoms with van der Waals surface area (Å²) in [6.45, 7) is 2.72. The van der Waals surface area contributed by atoms with Gasteiger partial charge in [0.2, 0.25) is 5.91 Å². The van der Waals surface area contributed by atoms with E-state index in [1.165, 1.54) is 0 Å². The van der Waals surface area contributed by atoms with Gasteiger partial charge in [-0.25, -0.2) is 0 Å². The minimum Gasteiger partial charge on any atom is -0.496 e. The minimum absolute atomic E-state index is 0.104.